The van der Waals surface area contributed by atoms with Gasteiger partial charge in [0.25, 0.3) is 0 Å². The van der Waals surface area contributed by atoms with Crippen LogP contribution in [0.3, 0.4) is 0 Å². The van der Waals surface area contributed by atoms with Gasteiger partial charge in [0, 0.05) is 12.5 Å². The van der Waals surface area contributed by atoms with E-state index in [1.807, 2.05) is 6.92 Å². The maximum Gasteiger partial charge on any atom is 0.0670 e. The molecule has 0 spiro atoms. The number of unbranched alkanes of at least 4 members (excludes halogenated alkanes) is 7. The van der Waals surface area contributed by atoms with Gasteiger partial charge in [-0.25, -0.2) is 0 Å². The van der Waals surface area contributed by atoms with Crippen LogP contribution in [0.4, 0.5) is 0 Å². The van der Waals surface area contributed by atoms with E-state index in [4.69, 9.17) is 4.74 Å². The van der Waals surface area contributed by atoms with Crippen molar-refractivity contribution in [2.24, 2.45) is 5.92 Å². The summed E-state index contributed by atoms with van der Waals surface area (Å²) in [4.78, 5) is 0. The molecule has 1 rings (SSSR count). The SMILES string of the molecule is CCCCCCCCCCC(C)(O)C1CCOC1. The second-order valence-electron chi connectivity index (χ2n) is 6.14. The number of rotatable bonds is 10. The van der Waals surface area contributed by atoms with Crippen LogP contribution in [-0.2, 0) is 4.74 Å². The van der Waals surface area contributed by atoms with Crippen LogP contribution in [-0.4, -0.2) is 23.9 Å². The first-order valence-corrected chi connectivity index (χ1v) is 7.97. The van der Waals surface area contributed by atoms with Crippen LogP contribution >= 0.6 is 0 Å². The van der Waals surface area contributed by atoms with Gasteiger partial charge in [0.05, 0.1) is 12.2 Å². The summed E-state index contributed by atoms with van der Waals surface area (Å²) >= 11 is 0. The van der Waals surface area contributed by atoms with Gasteiger partial charge < -0.3 is 9.84 Å². The second-order valence-corrected chi connectivity index (χ2v) is 6.14. The van der Waals surface area contributed by atoms with Crippen molar-refractivity contribution in [3.8, 4) is 0 Å². The Morgan fingerprint density at radius 1 is 1.06 bits per heavy atom. The summed E-state index contributed by atoms with van der Waals surface area (Å²) in [5.74, 6) is 0.363. The van der Waals surface area contributed by atoms with Gasteiger partial charge >= 0.3 is 0 Å². The minimum Gasteiger partial charge on any atom is -0.390 e. The predicted molar refractivity (Wildman–Crippen MR) is 76.8 cm³/mol. The van der Waals surface area contributed by atoms with Crippen LogP contribution in [0.25, 0.3) is 0 Å². The average molecular weight is 256 g/mol. The van der Waals surface area contributed by atoms with Gasteiger partial charge in [-0.05, 0) is 19.8 Å². The highest BCUT2D eigenvalue weighted by atomic mass is 16.5. The van der Waals surface area contributed by atoms with E-state index in [0.717, 1.165) is 32.5 Å². The van der Waals surface area contributed by atoms with Crippen LogP contribution in [0, 0.1) is 5.92 Å². The fraction of sp³-hybridized carbons (Fsp3) is 1.00. The predicted octanol–water partition coefficient (Wildman–Crippen LogP) is 4.30. The van der Waals surface area contributed by atoms with Gasteiger partial charge in [-0.1, -0.05) is 58.3 Å². The van der Waals surface area contributed by atoms with E-state index < -0.39 is 5.60 Å². The first-order chi connectivity index (χ1) is 8.67. The van der Waals surface area contributed by atoms with Crippen LogP contribution in [0.5, 0.6) is 0 Å². The zero-order chi connectivity index (χ0) is 13.3. The van der Waals surface area contributed by atoms with E-state index in [2.05, 4.69) is 6.92 Å². The molecular formula is C16H32O2. The molecule has 2 atom stereocenters. The van der Waals surface area contributed by atoms with Gasteiger partial charge in [0.1, 0.15) is 0 Å². The lowest BCUT2D eigenvalue weighted by atomic mass is 9.84. The summed E-state index contributed by atoms with van der Waals surface area (Å²) in [6.45, 7) is 5.84. The molecule has 0 saturated carbocycles. The Morgan fingerprint density at radius 2 is 1.67 bits per heavy atom. The molecule has 108 valence electrons. The van der Waals surface area contributed by atoms with E-state index >= 15 is 0 Å². The molecule has 0 aromatic rings. The zero-order valence-corrected chi connectivity index (χ0v) is 12.4. The Bertz CT molecular complexity index is 195. The largest absolute Gasteiger partial charge is 0.390 e. The van der Waals surface area contributed by atoms with E-state index in [1.54, 1.807) is 0 Å². The normalized spacial score (nSPS) is 23.2. The Balaban J connectivity index is 1.96. The summed E-state index contributed by atoms with van der Waals surface area (Å²) in [6, 6.07) is 0. The lowest BCUT2D eigenvalue weighted by Crippen LogP contribution is -2.34. The third-order valence-electron chi connectivity index (χ3n) is 4.35. The van der Waals surface area contributed by atoms with E-state index in [0.29, 0.717) is 5.92 Å². The van der Waals surface area contributed by atoms with Crippen molar-refractivity contribution in [1.82, 2.24) is 0 Å². The Morgan fingerprint density at radius 3 is 2.22 bits per heavy atom. The number of hydrogen-bond donors (Lipinski definition) is 1. The van der Waals surface area contributed by atoms with E-state index in [1.165, 1.54) is 44.9 Å². The Labute approximate surface area is 113 Å². The zero-order valence-electron chi connectivity index (χ0n) is 12.4. The highest BCUT2D eigenvalue weighted by molar-refractivity contribution is 4.84. The molecule has 1 saturated heterocycles. The van der Waals surface area contributed by atoms with Crippen molar-refractivity contribution in [1.29, 1.82) is 0 Å². The number of ether oxygens (including phenoxy) is 1. The minimum atomic E-state index is -0.501. The standard InChI is InChI=1S/C16H32O2/c1-3-4-5-6-7-8-9-10-12-16(2,17)15-11-13-18-14-15/h15,17H,3-14H2,1-2H3. The lowest BCUT2D eigenvalue weighted by Gasteiger charge is -2.29. The molecular weight excluding hydrogens is 224 g/mol. The van der Waals surface area contributed by atoms with Crippen molar-refractivity contribution in [2.45, 2.75) is 83.7 Å². The van der Waals surface area contributed by atoms with Crippen LogP contribution < -0.4 is 0 Å². The molecule has 2 unspecified atom stereocenters. The molecule has 0 bridgehead atoms. The first kappa shape index (κ1) is 16.0. The minimum absolute atomic E-state index is 0.363. The van der Waals surface area contributed by atoms with Gasteiger partial charge in [-0.15, -0.1) is 0 Å². The smallest absolute Gasteiger partial charge is 0.0670 e. The van der Waals surface area contributed by atoms with Crippen molar-refractivity contribution in [3.63, 3.8) is 0 Å². The second kappa shape index (κ2) is 8.92. The van der Waals surface area contributed by atoms with Crippen molar-refractivity contribution in [3.05, 3.63) is 0 Å². The summed E-state index contributed by atoms with van der Waals surface area (Å²) < 4.78 is 5.37. The summed E-state index contributed by atoms with van der Waals surface area (Å²) in [5.41, 5.74) is -0.501. The maximum atomic E-state index is 10.4. The fourth-order valence-corrected chi connectivity index (χ4v) is 2.85. The van der Waals surface area contributed by atoms with E-state index in [9.17, 15) is 5.11 Å². The molecule has 0 amide bonds. The number of aliphatic hydroxyl groups is 1. The van der Waals surface area contributed by atoms with Crippen molar-refractivity contribution < 1.29 is 9.84 Å². The fourth-order valence-electron chi connectivity index (χ4n) is 2.85. The molecule has 2 nitrogen and oxygen atoms in total. The lowest BCUT2D eigenvalue weighted by molar-refractivity contribution is -0.0142. The van der Waals surface area contributed by atoms with Crippen LogP contribution in [0.1, 0.15) is 78.1 Å². The number of hydrogen-bond acceptors (Lipinski definition) is 2. The molecule has 2 heteroatoms. The molecule has 1 fully saturated rings. The van der Waals surface area contributed by atoms with E-state index in [-0.39, 0.29) is 0 Å². The molecule has 0 aliphatic carbocycles. The molecule has 1 heterocycles. The van der Waals surface area contributed by atoms with Gasteiger partial charge in [-0.3, -0.25) is 0 Å². The average Bonchev–Trinajstić information content (AvgIpc) is 2.87. The molecule has 18 heavy (non-hydrogen) atoms. The highest BCUT2D eigenvalue weighted by Gasteiger charge is 2.33. The van der Waals surface area contributed by atoms with Crippen LogP contribution in [0.15, 0.2) is 0 Å². The molecule has 0 aromatic heterocycles. The molecule has 1 N–H and O–H groups in total. The van der Waals surface area contributed by atoms with Crippen LogP contribution in [0.2, 0.25) is 0 Å². The first-order valence-electron chi connectivity index (χ1n) is 7.97. The highest BCUT2D eigenvalue weighted by Crippen LogP contribution is 2.30. The molecule has 0 aromatic carbocycles. The molecule has 0 radical (unpaired) electrons. The molecule has 1 aliphatic heterocycles. The topological polar surface area (TPSA) is 29.5 Å². The van der Waals surface area contributed by atoms with Crippen molar-refractivity contribution >= 4 is 0 Å². The third-order valence-corrected chi connectivity index (χ3v) is 4.35. The monoisotopic (exact) mass is 256 g/mol. The van der Waals surface area contributed by atoms with Gasteiger partial charge in [0.2, 0.25) is 0 Å². The third kappa shape index (κ3) is 6.19. The summed E-state index contributed by atoms with van der Waals surface area (Å²) in [7, 11) is 0. The van der Waals surface area contributed by atoms with Crippen molar-refractivity contribution in [2.75, 3.05) is 13.2 Å². The Hall–Kier alpha value is -0.0800. The maximum absolute atomic E-state index is 10.4. The Kier molecular flexibility index (Phi) is 7.92. The quantitative estimate of drug-likeness (QED) is 0.590. The summed E-state index contributed by atoms with van der Waals surface area (Å²) in [5, 5.41) is 10.4. The molecule has 1 aliphatic rings. The van der Waals surface area contributed by atoms with Gasteiger partial charge in [0.15, 0.2) is 0 Å². The summed E-state index contributed by atoms with van der Waals surface area (Å²) in [6.07, 6.45) is 12.6. The van der Waals surface area contributed by atoms with Gasteiger partial charge in [-0.2, -0.15) is 0 Å².